The van der Waals surface area contributed by atoms with Crippen molar-refractivity contribution >= 4 is 0 Å². The van der Waals surface area contributed by atoms with Crippen molar-refractivity contribution in [3.8, 4) is 0 Å². The van der Waals surface area contributed by atoms with Gasteiger partial charge in [0.15, 0.2) is 0 Å². The molecule has 0 bridgehead atoms. The van der Waals surface area contributed by atoms with Crippen LogP contribution in [-0.4, -0.2) is 31.0 Å². The van der Waals surface area contributed by atoms with Gasteiger partial charge in [-0.25, -0.2) is 8.78 Å². The molecule has 0 saturated carbocycles. The Labute approximate surface area is 79.1 Å². The van der Waals surface area contributed by atoms with Crippen LogP contribution in [-0.2, 0) is 0 Å². The highest BCUT2D eigenvalue weighted by Crippen LogP contribution is 2.29. The lowest BCUT2D eigenvalue weighted by atomic mass is 9.98. The van der Waals surface area contributed by atoms with E-state index >= 15 is 0 Å². The summed E-state index contributed by atoms with van der Waals surface area (Å²) in [6.07, 6.45) is -0.425. The van der Waals surface area contributed by atoms with Gasteiger partial charge >= 0.3 is 0 Å². The lowest BCUT2D eigenvalue weighted by molar-refractivity contribution is 0.0821. The largest absolute Gasteiger partial charge is 0.303 e. The molecule has 0 aromatic rings. The van der Waals surface area contributed by atoms with Crippen LogP contribution in [0.3, 0.4) is 0 Å². The molecule has 0 radical (unpaired) electrons. The van der Waals surface area contributed by atoms with Crippen LogP contribution in [0.15, 0.2) is 0 Å². The van der Waals surface area contributed by atoms with Gasteiger partial charge in [-0.2, -0.15) is 0 Å². The van der Waals surface area contributed by atoms with Crippen LogP contribution in [0, 0.1) is 11.8 Å². The number of rotatable bonds is 3. The first-order chi connectivity index (χ1) is 6.00. The van der Waals surface area contributed by atoms with Crippen LogP contribution in [0.25, 0.3) is 0 Å². The lowest BCUT2D eigenvalue weighted by Gasteiger charge is -2.20. The van der Waals surface area contributed by atoms with E-state index < -0.39 is 12.3 Å². The average Bonchev–Trinajstić information content (AvgIpc) is 2.31. The molecule has 1 rings (SSSR count). The molecule has 0 amide bonds. The van der Waals surface area contributed by atoms with Crippen molar-refractivity contribution < 1.29 is 8.78 Å². The highest BCUT2D eigenvalue weighted by molar-refractivity contribution is 4.84. The van der Waals surface area contributed by atoms with Gasteiger partial charge in [-0.1, -0.05) is 13.8 Å². The molecule has 1 aliphatic rings. The van der Waals surface area contributed by atoms with Crippen LogP contribution >= 0.6 is 0 Å². The number of hydrogen-bond acceptors (Lipinski definition) is 1. The third-order valence-electron chi connectivity index (χ3n) is 2.82. The van der Waals surface area contributed by atoms with E-state index in [1.807, 2.05) is 7.05 Å². The molecule has 13 heavy (non-hydrogen) atoms. The number of alkyl halides is 2. The van der Waals surface area contributed by atoms with Crippen LogP contribution in [0.2, 0.25) is 0 Å². The fourth-order valence-electron chi connectivity index (χ4n) is 2.13. The topological polar surface area (TPSA) is 3.24 Å². The van der Waals surface area contributed by atoms with Crippen molar-refractivity contribution in [1.82, 2.24) is 4.90 Å². The maximum absolute atomic E-state index is 12.4. The first-order valence-electron chi connectivity index (χ1n) is 4.99. The molecular formula is C10H19F2N. The summed E-state index contributed by atoms with van der Waals surface area (Å²) in [6, 6.07) is 0.374. The summed E-state index contributed by atoms with van der Waals surface area (Å²) in [7, 11) is 1.95. The number of nitrogens with zero attached hydrogens (tertiary/aromatic N) is 1. The van der Waals surface area contributed by atoms with E-state index in [0.717, 1.165) is 6.42 Å². The van der Waals surface area contributed by atoms with Crippen molar-refractivity contribution in [2.45, 2.75) is 39.2 Å². The minimum Gasteiger partial charge on any atom is -0.303 e. The van der Waals surface area contributed by atoms with Gasteiger partial charge in [0.2, 0.25) is 6.43 Å². The summed E-state index contributed by atoms with van der Waals surface area (Å²) >= 11 is 0. The molecule has 1 nitrogen and oxygen atoms in total. The standard InChI is InChI=1S/C10H19F2N/c1-7(2)4-9-5-8(10(11)12)6-13(9)3/h7-10H,4-6H2,1-3H3/t8-,9-/m1/s1. The minimum absolute atomic E-state index is 0.374. The third kappa shape index (κ3) is 2.90. The second kappa shape index (κ2) is 4.36. The quantitative estimate of drug-likeness (QED) is 0.663. The van der Waals surface area contributed by atoms with Gasteiger partial charge in [-0.15, -0.1) is 0 Å². The fourth-order valence-corrected chi connectivity index (χ4v) is 2.13. The van der Waals surface area contributed by atoms with Crippen LogP contribution in [0.4, 0.5) is 8.78 Å². The summed E-state index contributed by atoms with van der Waals surface area (Å²) in [5, 5.41) is 0. The molecule has 1 fully saturated rings. The van der Waals surface area contributed by atoms with Gasteiger partial charge in [0.1, 0.15) is 0 Å². The second-order valence-electron chi connectivity index (χ2n) is 4.55. The summed E-state index contributed by atoms with van der Waals surface area (Å²) in [4.78, 5) is 2.08. The minimum atomic E-state index is -2.14. The van der Waals surface area contributed by atoms with Crippen LogP contribution in [0.1, 0.15) is 26.7 Å². The Hall–Kier alpha value is -0.180. The average molecular weight is 191 g/mol. The number of halogens is 2. The first-order valence-corrected chi connectivity index (χ1v) is 4.99. The predicted molar refractivity (Wildman–Crippen MR) is 50.0 cm³/mol. The molecule has 0 aromatic heterocycles. The number of hydrogen-bond donors (Lipinski definition) is 0. The van der Waals surface area contributed by atoms with Crippen molar-refractivity contribution in [2.75, 3.05) is 13.6 Å². The predicted octanol–water partition coefficient (Wildman–Crippen LogP) is 2.62. The maximum Gasteiger partial charge on any atom is 0.242 e. The highest BCUT2D eigenvalue weighted by Gasteiger charge is 2.34. The molecule has 1 aliphatic heterocycles. The Balaban J connectivity index is 2.42. The van der Waals surface area contributed by atoms with Gasteiger partial charge < -0.3 is 4.90 Å². The molecule has 0 aliphatic carbocycles. The molecule has 78 valence electrons. The van der Waals surface area contributed by atoms with Gasteiger partial charge in [-0.05, 0) is 25.8 Å². The van der Waals surface area contributed by atoms with Crippen LogP contribution < -0.4 is 0 Å². The maximum atomic E-state index is 12.4. The highest BCUT2D eigenvalue weighted by atomic mass is 19.3. The smallest absolute Gasteiger partial charge is 0.242 e. The van der Waals surface area contributed by atoms with Crippen LogP contribution in [0.5, 0.6) is 0 Å². The molecule has 0 aromatic carbocycles. The van der Waals surface area contributed by atoms with Gasteiger partial charge in [0.05, 0.1) is 0 Å². The zero-order chi connectivity index (χ0) is 10.0. The Morgan fingerprint density at radius 2 is 2.00 bits per heavy atom. The molecule has 0 N–H and O–H groups in total. The van der Waals surface area contributed by atoms with E-state index in [9.17, 15) is 8.78 Å². The Morgan fingerprint density at radius 1 is 1.38 bits per heavy atom. The summed E-state index contributed by atoms with van der Waals surface area (Å²) in [5.41, 5.74) is 0. The molecular weight excluding hydrogens is 172 g/mol. The molecule has 1 saturated heterocycles. The zero-order valence-corrected chi connectivity index (χ0v) is 8.63. The Bertz CT molecular complexity index is 159. The first kappa shape index (κ1) is 10.9. The fraction of sp³-hybridized carbons (Fsp3) is 1.00. The second-order valence-corrected chi connectivity index (χ2v) is 4.55. The van der Waals surface area contributed by atoms with Gasteiger partial charge in [0, 0.05) is 18.5 Å². The Morgan fingerprint density at radius 3 is 2.38 bits per heavy atom. The van der Waals surface area contributed by atoms with Crippen molar-refractivity contribution in [1.29, 1.82) is 0 Å². The molecule has 1 heterocycles. The number of likely N-dealkylation sites (tertiary alicyclic amines) is 1. The van der Waals surface area contributed by atoms with E-state index in [4.69, 9.17) is 0 Å². The molecule has 0 unspecified atom stereocenters. The van der Waals surface area contributed by atoms with E-state index in [1.165, 1.54) is 0 Å². The molecule has 0 spiro atoms. The lowest BCUT2D eigenvalue weighted by Crippen LogP contribution is -2.26. The normalized spacial score (nSPS) is 30.7. The monoisotopic (exact) mass is 191 g/mol. The van der Waals surface area contributed by atoms with Crippen molar-refractivity contribution in [3.05, 3.63) is 0 Å². The molecule has 2 atom stereocenters. The summed E-state index contributed by atoms with van der Waals surface area (Å²) < 4.78 is 24.8. The summed E-state index contributed by atoms with van der Waals surface area (Å²) in [6.45, 7) is 4.85. The van der Waals surface area contributed by atoms with E-state index in [0.29, 0.717) is 24.9 Å². The van der Waals surface area contributed by atoms with E-state index in [2.05, 4.69) is 18.7 Å². The summed E-state index contributed by atoms with van der Waals surface area (Å²) in [5.74, 6) is 0.206. The third-order valence-corrected chi connectivity index (χ3v) is 2.82. The van der Waals surface area contributed by atoms with Crippen molar-refractivity contribution in [3.63, 3.8) is 0 Å². The van der Waals surface area contributed by atoms with E-state index in [-0.39, 0.29) is 0 Å². The van der Waals surface area contributed by atoms with Gasteiger partial charge in [-0.3, -0.25) is 0 Å². The zero-order valence-electron chi connectivity index (χ0n) is 8.63. The Kier molecular flexibility index (Phi) is 3.65. The molecule has 3 heteroatoms. The van der Waals surface area contributed by atoms with Gasteiger partial charge in [0.25, 0.3) is 0 Å². The SMILES string of the molecule is CC(C)C[C@@H]1C[C@@H](C(F)F)CN1C. The van der Waals surface area contributed by atoms with Crippen molar-refractivity contribution in [2.24, 2.45) is 11.8 Å². The van der Waals surface area contributed by atoms with E-state index in [1.54, 1.807) is 0 Å².